The average molecular weight is 210 g/mol. The van der Waals surface area contributed by atoms with Gasteiger partial charge >= 0.3 is 0 Å². The number of rotatable bonds is 4. The van der Waals surface area contributed by atoms with Crippen LogP contribution in [0, 0.1) is 0 Å². The molecule has 0 spiro atoms. The highest BCUT2D eigenvalue weighted by Crippen LogP contribution is 1.94. The molecule has 0 aliphatic rings. The van der Waals surface area contributed by atoms with Crippen LogP contribution in [0.15, 0.2) is 12.4 Å². The third-order valence-corrected chi connectivity index (χ3v) is 1.75. The second-order valence-corrected chi connectivity index (χ2v) is 3.04. The van der Waals surface area contributed by atoms with Gasteiger partial charge in [0, 0.05) is 19.8 Å². The molecule has 1 aromatic heterocycles. The number of hydrogen-bond donors (Lipinski definition) is 2. The number of carbonyl (C=O) groups excluding carboxylic acids is 2. The Morgan fingerprint density at radius 2 is 2.20 bits per heavy atom. The van der Waals surface area contributed by atoms with Gasteiger partial charge in [-0.1, -0.05) is 0 Å². The second-order valence-electron chi connectivity index (χ2n) is 3.04. The maximum absolute atomic E-state index is 11.4. The van der Waals surface area contributed by atoms with E-state index in [0.29, 0.717) is 12.1 Å². The summed E-state index contributed by atoms with van der Waals surface area (Å²) in [6.45, 7) is 2.37. The van der Waals surface area contributed by atoms with Crippen LogP contribution in [0.4, 0.5) is 0 Å². The van der Waals surface area contributed by atoms with E-state index in [2.05, 4.69) is 15.7 Å². The van der Waals surface area contributed by atoms with Crippen LogP contribution < -0.4 is 10.6 Å². The molecule has 2 N–H and O–H groups in total. The lowest BCUT2D eigenvalue weighted by atomic mass is 10.3. The summed E-state index contributed by atoms with van der Waals surface area (Å²) in [5, 5.41) is 8.93. The molecule has 1 heterocycles. The number of aromatic nitrogens is 2. The van der Waals surface area contributed by atoms with E-state index < -0.39 is 0 Å². The van der Waals surface area contributed by atoms with E-state index in [1.54, 1.807) is 13.2 Å². The second kappa shape index (κ2) is 5.14. The number of amides is 2. The van der Waals surface area contributed by atoms with Crippen LogP contribution in [-0.4, -0.2) is 34.7 Å². The standard InChI is InChI=1S/C9H14N4O2/c1-3-10-8(14)5-11-9(15)7-4-12-13(2)6-7/h4,6H,3,5H2,1-2H3,(H,10,14)(H,11,15). The van der Waals surface area contributed by atoms with Crippen molar-refractivity contribution in [1.29, 1.82) is 0 Å². The minimum Gasteiger partial charge on any atom is -0.355 e. The third kappa shape index (κ3) is 3.41. The molecule has 0 unspecified atom stereocenters. The van der Waals surface area contributed by atoms with Gasteiger partial charge in [-0.3, -0.25) is 14.3 Å². The van der Waals surface area contributed by atoms with Gasteiger partial charge in [-0.05, 0) is 6.92 Å². The highest BCUT2D eigenvalue weighted by atomic mass is 16.2. The fraction of sp³-hybridized carbons (Fsp3) is 0.444. The van der Waals surface area contributed by atoms with E-state index >= 15 is 0 Å². The molecule has 1 rings (SSSR count). The molecule has 0 saturated carbocycles. The highest BCUT2D eigenvalue weighted by Gasteiger charge is 2.08. The van der Waals surface area contributed by atoms with Crippen LogP contribution in [0.3, 0.4) is 0 Å². The molecule has 1 aromatic rings. The quantitative estimate of drug-likeness (QED) is 0.689. The van der Waals surface area contributed by atoms with Crippen molar-refractivity contribution in [1.82, 2.24) is 20.4 Å². The average Bonchev–Trinajstić information content (AvgIpc) is 2.62. The van der Waals surface area contributed by atoms with Gasteiger partial charge in [0.1, 0.15) is 0 Å². The molecular weight excluding hydrogens is 196 g/mol. The van der Waals surface area contributed by atoms with Crippen molar-refractivity contribution in [2.75, 3.05) is 13.1 Å². The number of nitrogens with zero attached hydrogens (tertiary/aromatic N) is 2. The molecule has 2 amide bonds. The van der Waals surface area contributed by atoms with Crippen molar-refractivity contribution in [3.8, 4) is 0 Å². The first-order chi connectivity index (χ1) is 7.13. The zero-order valence-electron chi connectivity index (χ0n) is 8.78. The molecule has 6 heteroatoms. The number of nitrogens with one attached hydrogen (secondary N) is 2. The largest absolute Gasteiger partial charge is 0.355 e. The van der Waals surface area contributed by atoms with Gasteiger partial charge < -0.3 is 10.6 Å². The monoisotopic (exact) mass is 210 g/mol. The summed E-state index contributed by atoms with van der Waals surface area (Å²) in [7, 11) is 1.72. The van der Waals surface area contributed by atoms with Crippen molar-refractivity contribution < 1.29 is 9.59 Å². The number of likely N-dealkylation sites (N-methyl/N-ethyl adjacent to an activating group) is 1. The highest BCUT2D eigenvalue weighted by molar-refractivity contribution is 5.95. The minimum absolute atomic E-state index is 0.0123. The van der Waals surface area contributed by atoms with Crippen LogP contribution in [0.1, 0.15) is 17.3 Å². The van der Waals surface area contributed by atoms with Crippen molar-refractivity contribution >= 4 is 11.8 Å². The smallest absolute Gasteiger partial charge is 0.254 e. The van der Waals surface area contributed by atoms with E-state index in [4.69, 9.17) is 0 Å². The maximum Gasteiger partial charge on any atom is 0.254 e. The third-order valence-electron chi connectivity index (χ3n) is 1.75. The zero-order valence-corrected chi connectivity index (χ0v) is 8.78. The van der Waals surface area contributed by atoms with Crippen LogP contribution in [0.2, 0.25) is 0 Å². The van der Waals surface area contributed by atoms with Crippen molar-refractivity contribution in [3.05, 3.63) is 18.0 Å². The van der Waals surface area contributed by atoms with E-state index in [1.807, 2.05) is 6.92 Å². The summed E-state index contributed by atoms with van der Waals surface area (Å²) in [6.07, 6.45) is 3.04. The first-order valence-electron chi connectivity index (χ1n) is 4.67. The molecule has 82 valence electrons. The Morgan fingerprint density at radius 1 is 1.47 bits per heavy atom. The molecule has 0 aliphatic carbocycles. The van der Waals surface area contributed by atoms with E-state index in [1.165, 1.54) is 10.9 Å². The lowest BCUT2D eigenvalue weighted by molar-refractivity contribution is -0.120. The van der Waals surface area contributed by atoms with E-state index in [9.17, 15) is 9.59 Å². The van der Waals surface area contributed by atoms with Crippen molar-refractivity contribution in [2.45, 2.75) is 6.92 Å². The molecule has 0 saturated heterocycles. The Labute approximate surface area is 87.7 Å². The summed E-state index contributed by atoms with van der Waals surface area (Å²) >= 11 is 0. The fourth-order valence-corrected chi connectivity index (χ4v) is 1.06. The van der Waals surface area contributed by atoms with Gasteiger partial charge in [-0.2, -0.15) is 5.10 Å². The van der Waals surface area contributed by atoms with Gasteiger partial charge in [0.05, 0.1) is 18.3 Å². The molecule has 0 bridgehead atoms. The number of aryl methyl sites for hydroxylation is 1. The van der Waals surface area contributed by atoms with Gasteiger partial charge in [0.2, 0.25) is 5.91 Å². The molecule has 0 aromatic carbocycles. The Balaban J connectivity index is 2.40. The maximum atomic E-state index is 11.4. The molecule has 0 fully saturated rings. The zero-order chi connectivity index (χ0) is 11.3. The molecule has 0 aliphatic heterocycles. The van der Waals surface area contributed by atoms with Crippen LogP contribution >= 0.6 is 0 Å². The molecule has 0 atom stereocenters. The lowest BCUT2D eigenvalue weighted by Crippen LogP contribution is -2.36. The van der Waals surface area contributed by atoms with E-state index in [-0.39, 0.29) is 18.4 Å². The van der Waals surface area contributed by atoms with Gasteiger partial charge in [0.25, 0.3) is 5.91 Å². The predicted molar refractivity (Wildman–Crippen MR) is 54.2 cm³/mol. The van der Waals surface area contributed by atoms with Gasteiger partial charge in [-0.25, -0.2) is 0 Å². The SMILES string of the molecule is CCNC(=O)CNC(=O)c1cnn(C)c1. The minimum atomic E-state index is -0.297. The fourth-order valence-electron chi connectivity index (χ4n) is 1.06. The molecule has 0 radical (unpaired) electrons. The predicted octanol–water partition coefficient (Wildman–Crippen LogP) is -0.714. The van der Waals surface area contributed by atoms with Gasteiger partial charge in [0.15, 0.2) is 0 Å². The summed E-state index contributed by atoms with van der Waals surface area (Å²) in [6, 6.07) is 0. The topological polar surface area (TPSA) is 76.0 Å². The van der Waals surface area contributed by atoms with Crippen LogP contribution in [0.25, 0.3) is 0 Å². The summed E-state index contributed by atoms with van der Waals surface area (Å²) in [4.78, 5) is 22.5. The normalized spacial score (nSPS) is 9.73. The number of hydrogen-bond acceptors (Lipinski definition) is 3. The molecular formula is C9H14N4O2. The first-order valence-corrected chi connectivity index (χ1v) is 4.67. The lowest BCUT2D eigenvalue weighted by Gasteiger charge is -2.03. The van der Waals surface area contributed by atoms with Crippen molar-refractivity contribution in [3.63, 3.8) is 0 Å². The first kappa shape index (κ1) is 11.2. The molecule has 15 heavy (non-hydrogen) atoms. The molecule has 6 nitrogen and oxygen atoms in total. The summed E-state index contributed by atoms with van der Waals surface area (Å²) < 4.78 is 1.53. The Bertz CT molecular complexity index is 359. The van der Waals surface area contributed by atoms with Crippen LogP contribution in [0.5, 0.6) is 0 Å². The Kier molecular flexibility index (Phi) is 3.84. The Morgan fingerprint density at radius 3 is 2.73 bits per heavy atom. The van der Waals surface area contributed by atoms with Crippen LogP contribution in [-0.2, 0) is 11.8 Å². The van der Waals surface area contributed by atoms with Crippen molar-refractivity contribution in [2.24, 2.45) is 7.05 Å². The summed E-state index contributed by atoms with van der Waals surface area (Å²) in [5.41, 5.74) is 0.446. The Hall–Kier alpha value is -1.85. The number of carbonyl (C=O) groups is 2. The van der Waals surface area contributed by atoms with E-state index in [0.717, 1.165) is 0 Å². The summed E-state index contributed by atoms with van der Waals surface area (Å²) in [5.74, 6) is -0.496. The van der Waals surface area contributed by atoms with Gasteiger partial charge in [-0.15, -0.1) is 0 Å².